The van der Waals surface area contributed by atoms with E-state index in [1.54, 1.807) is 49.5 Å². The highest BCUT2D eigenvalue weighted by molar-refractivity contribution is 5.99. The minimum Gasteiger partial charge on any atom is -0.687 e. The molecule has 1 aliphatic rings. The van der Waals surface area contributed by atoms with Crippen LogP contribution in [0.5, 0.6) is 0 Å². The number of benzene rings is 2. The molecule has 0 saturated carbocycles. The van der Waals surface area contributed by atoms with Gasteiger partial charge in [-0.05, 0) is 23.3 Å². The van der Waals surface area contributed by atoms with E-state index in [4.69, 9.17) is 0 Å². The van der Waals surface area contributed by atoms with E-state index in [1.807, 2.05) is 0 Å². The summed E-state index contributed by atoms with van der Waals surface area (Å²) < 4.78 is 40.4. The van der Waals surface area contributed by atoms with Crippen molar-refractivity contribution in [3.05, 3.63) is 70.7 Å². The number of nitrogens with zero attached hydrogens (tertiary/aromatic N) is 3. The summed E-state index contributed by atoms with van der Waals surface area (Å²) in [6.45, 7) is 0.109. The van der Waals surface area contributed by atoms with Gasteiger partial charge in [0.2, 0.25) is 11.9 Å². The Balaban J connectivity index is 1.59. The molecule has 0 bridgehead atoms. The summed E-state index contributed by atoms with van der Waals surface area (Å²) in [4.78, 5) is 19.4. The monoisotopic (exact) mass is 427 g/mol. The Hall–Kier alpha value is -3.82. The van der Waals surface area contributed by atoms with E-state index in [9.17, 15) is 18.0 Å². The van der Waals surface area contributed by atoms with Gasteiger partial charge in [-0.25, -0.2) is 4.98 Å². The molecule has 4 rings (SSSR count). The predicted octanol–water partition coefficient (Wildman–Crippen LogP) is 4.98. The highest BCUT2D eigenvalue weighted by Gasteiger charge is 2.35. The van der Waals surface area contributed by atoms with Gasteiger partial charge in [-0.2, -0.15) is 18.2 Å². The average molecular weight is 427 g/mol. The summed E-state index contributed by atoms with van der Waals surface area (Å²) in [5.74, 6) is -0.456. The second-order valence-electron chi connectivity index (χ2n) is 6.88. The molecule has 0 aliphatic carbocycles. The largest absolute Gasteiger partial charge is 0.687 e. The summed E-state index contributed by atoms with van der Waals surface area (Å²) in [7, 11) is 1.62. The van der Waals surface area contributed by atoms with Gasteiger partial charge in [0.15, 0.2) is 0 Å². The summed E-state index contributed by atoms with van der Waals surface area (Å²) in [5, 5.41) is 12.5. The van der Waals surface area contributed by atoms with Crippen LogP contribution in [0.1, 0.15) is 16.7 Å². The molecule has 160 valence electrons. The number of hydrogen-bond acceptors (Lipinski definition) is 5. The van der Waals surface area contributed by atoms with Gasteiger partial charge in [-0.3, -0.25) is 4.79 Å². The first-order valence-corrected chi connectivity index (χ1v) is 9.39. The van der Waals surface area contributed by atoms with Crippen molar-refractivity contribution in [3.8, 4) is 0 Å². The number of fused-ring (bicyclic) bond motifs is 1. The lowest BCUT2D eigenvalue weighted by molar-refractivity contribution is -0.137. The van der Waals surface area contributed by atoms with Crippen LogP contribution in [0.4, 0.5) is 42.0 Å². The molecule has 0 atom stereocenters. The molecule has 2 aromatic carbocycles. The topological polar surface area (TPSA) is 93.0 Å². The van der Waals surface area contributed by atoms with Crippen LogP contribution in [-0.2, 0) is 23.9 Å². The van der Waals surface area contributed by atoms with E-state index in [0.29, 0.717) is 23.5 Å². The van der Waals surface area contributed by atoms with Gasteiger partial charge in [-0.1, -0.05) is 30.3 Å². The Morgan fingerprint density at radius 2 is 2.00 bits per heavy atom. The van der Waals surface area contributed by atoms with Crippen molar-refractivity contribution in [2.45, 2.75) is 19.1 Å². The van der Waals surface area contributed by atoms with Crippen LogP contribution in [0.2, 0.25) is 0 Å². The standard InChI is InChI=1S/C21H18F3N6O/c1-25-16-5-3-2-4-13(16)10-26-19-15(21(22,23)24)11-27-20(30-19)28-14-7-6-12-8-18(31)29-17(12)9-14/h2-7,9,11H,8,10H2,1H3,(H,29,31)(H2,26,27,28,30)/q-1. The summed E-state index contributed by atoms with van der Waals surface area (Å²) in [6.07, 6.45) is -3.58. The molecule has 0 saturated heterocycles. The Morgan fingerprint density at radius 1 is 1.19 bits per heavy atom. The molecule has 1 aromatic heterocycles. The van der Waals surface area contributed by atoms with Crippen molar-refractivity contribution in [1.29, 1.82) is 0 Å². The number of alkyl halides is 3. The van der Waals surface area contributed by atoms with Gasteiger partial charge in [0.1, 0.15) is 11.4 Å². The molecular formula is C21H18F3N6O-. The molecule has 3 aromatic rings. The molecule has 2 heterocycles. The minimum atomic E-state index is -4.62. The number of nitrogens with one attached hydrogen (secondary N) is 3. The van der Waals surface area contributed by atoms with E-state index in [2.05, 4.69) is 31.2 Å². The van der Waals surface area contributed by atoms with E-state index in [-0.39, 0.29) is 24.2 Å². The van der Waals surface area contributed by atoms with Crippen molar-refractivity contribution in [2.75, 3.05) is 23.0 Å². The molecular weight excluding hydrogens is 409 g/mol. The van der Waals surface area contributed by atoms with Crippen LogP contribution in [0.3, 0.4) is 0 Å². The lowest BCUT2D eigenvalue weighted by Gasteiger charge is -2.21. The average Bonchev–Trinajstić information content (AvgIpc) is 3.11. The highest BCUT2D eigenvalue weighted by atomic mass is 19.4. The number of aromatic nitrogens is 2. The molecule has 7 nitrogen and oxygen atoms in total. The lowest BCUT2D eigenvalue weighted by atomic mass is 10.1. The fraction of sp³-hybridized carbons (Fsp3) is 0.190. The summed E-state index contributed by atoms with van der Waals surface area (Å²) in [5.41, 5.74) is 2.50. The van der Waals surface area contributed by atoms with Crippen LogP contribution in [0.15, 0.2) is 48.7 Å². The highest BCUT2D eigenvalue weighted by Crippen LogP contribution is 2.35. The zero-order valence-electron chi connectivity index (χ0n) is 16.4. The zero-order valence-corrected chi connectivity index (χ0v) is 16.4. The maximum atomic E-state index is 13.5. The maximum absolute atomic E-state index is 13.5. The van der Waals surface area contributed by atoms with Gasteiger partial charge >= 0.3 is 6.18 Å². The second-order valence-corrected chi connectivity index (χ2v) is 6.88. The first-order valence-electron chi connectivity index (χ1n) is 9.39. The normalized spacial score (nSPS) is 12.8. The Bertz CT molecular complexity index is 1130. The Labute approximate surface area is 176 Å². The lowest BCUT2D eigenvalue weighted by Crippen LogP contribution is -2.14. The molecule has 31 heavy (non-hydrogen) atoms. The fourth-order valence-corrected chi connectivity index (χ4v) is 3.26. The van der Waals surface area contributed by atoms with Gasteiger partial charge in [0.05, 0.1) is 6.42 Å². The minimum absolute atomic E-state index is 0.00626. The third-order valence-corrected chi connectivity index (χ3v) is 4.76. The van der Waals surface area contributed by atoms with Crippen LogP contribution >= 0.6 is 0 Å². The van der Waals surface area contributed by atoms with Crippen molar-refractivity contribution < 1.29 is 18.0 Å². The number of rotatable bonds is 6. The van der Waals surface area contributed by atoms with E-state index < -0.39 is 11.7 Å². The first-order chi connectivity index (χ1) is 14.8. The van der Waals surface area contributed by atoms with Crippen molar-refractivity contribution in [3.63, 3.8) is 0 Å². The molecule has 1 aliphatic heterocycles. The van der Waals surface area contributed by atoms with Crippen molar-refractivity contribution in [2.24, 2.45) is 0 Å². The Morgan fingerprint density at radius 3 is 2.77 bits per heavy atom. The van der Waals surface area contributed by atoms with Crippen molar-refractivity contribution in [1.82, 2.24) is 9.97 Å². The SMILES string of the molecule is C[N-]c1ccccc1CNc1nc(Nc2ccc3c(c2)NC(=O)C3)ncc1C(F)(F)F. The van der Waals surface area contributed by atoms with Crippen LogP contribution in [0.25, 0.3) is 5.32 Å². The number of hydrogen-bond donors (Lipinski definition) is 3. The van der Waals surface area contributed by atoms with Crippen LogP contribution in [-0.4, -0.2) is 22.9 Å². The van der Waals surface area contributed by atoms with E-state index in [1.165, 1.54) is 0 Å². The number of halogens is 3. The fourth-order valence-electron chi connectivity index (χ4n) is 3.26. The number of amides is 1. The second kappa shape index (κ2) is 8.13. The predicted molar refractivity (Wildman–Crippen MR) is 112 cm³/mol. The number of carbonyl (C=O) groups excluding carboxylic acids is 1. The summed E-state index contributed by atoms with van der Waals surface area (Å²) >= 11 is 0. The molecule has 0 radical (unpaired) electrons. The van der Waals surface area contributed by atoms with Gasteiger partial charge in [-0.15, -0.1) is 12.7 Å². The van der Waals surface area contributed by atoms with Crippen LogP contribution < -0.4 is 16.0 Å². The molecule has 0 spiro atoms. The van der Waals surface area contributed by atoms with Gasteiger partial charge < -0.3 is 21.3 Å². The molecule has 3 N–H and O–H groups in total. The molecule has 0 unspecified atom stereocenters. The molecule has 0 fully saturated rings. The molecule has 10 heteroatoms. The smallest absolute Gasteiger partial charge is 0.421 e. The third-order valence-electron chi connectivity index (χ3n) is 4.76. The first kappa shape index (κ1) is 20.5. The Kier molecular flexibility index (Phi) is 5.37. The van der Waals surface area contributed by atoms with Gasteiger partial charge in [0, 0.05) is 24.1 Å². The van der Waals surface area contributed by atoms with Crippen LogP contribution in [0, 0.1) is 0 Å². The van der Waals surface area contributed by atoms with Crippen molar-refractivity contribution >= 4 is 34.7 Å². The zero-order chi connectivity index (χ0) is 22.0. The van der Waals surface area contributed by atoms with Gasteiger partial charge in [0.25, 0.3) is 0 Å². The third kappa shape index (κ3) is 4.52. The molecule has 1 amide bonds. The number of para-hydroxylation sites is 1. The summed E-state index contributed by atoms with van der Waals surface area (Å²) in [6, 6.07) is 12.3. The maximum Gasteiger partial charge on any atom is 0.421 e. The van der Waals surface area contributed by atoms with E-state index in [0.717, 1.165) is 17.3 Å². The van der Waals surface area contributed by atoms with E-state index >= 15 is 0 Å². The number of anilines is 4. The number of carbonyl (C=O) groups is 1. The quantitative estimate of drug-likeness (QED) is 0.516.